The van der Waals surface area contributed by atoms with Gasteiger partial charge in [0.05, 0.1) is 25.4 Å². The number of hydrogen-bond acceptors (Lipinski definition) is 11. The fourth-order valence-corrected chi connectivity index (χ4v) is 7.39. The van der Waals surface area contributed by atoms with Gasteiger partial charge < -0.3 is 34.8 Å². The van der Waals surface area contributed by atoms with Crippen molar-refractivity contribution in [3.05, 3.63) is 103 Å². The average molecular weight is 830 g/mol. The smallest absolute Gasteiger partial charge is 0.335 e. The minimum atomic E-state index is -1.05. The Hall–Kier alpha value is -4.22. The molecule has 2 aromatic carbocycles. The number of carboxylic acid groups (broad SMARTS) is 1. The molecule has 0 atom stereocenters. The van der Waals surface area contributed by atoms with E-state index in [2.05, 4.69) is 34.7 Å². The molecule has 4 aromatic rings. The molecule has 2 aromatic heterocycles. The summed E-state index contributed by atoms with van der Waals surface area (Å²) in [6, 6.07) is 16.2. The first-order valence-corrected chi connectivity index (χ1v) is 19.1. The van der Waals surface area contributed by atoms with E-state index in [0.29, 0.717) is 74.8 Å². The predicted molar refractivity (Wildman–Crippen MR) is 218 cm³/mol. The van der Waals surface area contributed by atoms with Gasteiger partial charge in [-0.25, -0.2) is 4.79 Å². The number of rotatable bonds is 11. The first-order chi connectivity index (χ1) is 25.3. The molecule has 6 rings (SSSR count). The van der Waals surface area contributed by atoms with Gasteiger partial charge in [0.1, 0.15) is 31.7 Å². The van der Waals surface area contributed by atoms with Gasteiger partial charge in [-0.2, -0.15) is 0 Å². The number of thiocarbonyl (C=S) groups is 2. The molecule has 2 aliphatic rings. The maximum Gasteiger partial charge on any atom is 0.335 e. The Labute approximate surface area is 333 Å². The first-order valence-electron chi connectivity index (χ1n) is 15.9. The molecule has 2 saturated heterocycles. The van der Waals surface area contributed by atoms with Crippen LogP contribution in [0.15, 0.2) is 79.3 Å². The highest BCUT2D eigenvalue weighted by molar-refractivity contribution is 8.27. The Kier molecular flexibility index (Phi) is 13.7. The van der Waals surface area contributed by atoms with Crippen molar-refractivity contribution in [2.45, 2.75) is 13.8 Å². The number of thioether (sulfide) groups is 2. The van der Waals surface area contributed by atoms with Gasteiger partial charge in [0, 0.05) is 41.9 Å². The van der Waals surface area contributed by atoms with Crippen molar-refractivity contribution >= 4 is 116 Å². The summed E-state index contributed by atoms with van der Waals surface area (Å²) in [4.78, 5) is 50.2. The highest BCUT2D eigenvalue weighted by Gasteiger charge is 2.24. The van der Waals surface area contributed by atoms with Crippen LogP contribution in [0.25, 0.3) is 34.8 Å². The van der Waals surface area contributed by atoms with Crippen molar-refractivity contribution in [3.8, 4) is 22.6 Å². The number of hydrogen-bond donors (Lipinski definition) is 4. The molecule has 2 fully saturated rings. The number of carbonyl (C=O) groups excluding carboxylic acids is 3. The lowest BCUT2D eigenvalue weighted by Crippen LogP contribution is -2.34. The number of benzene rings is 2. The van der Waals surface area contributed by atoms with Crippen LogP contribution in [0, 0.1) is 0 Å². The minimum Gasteiger partial charge on any atom is -0.478 e. The molecule has 0 bridgehead atoms. The van der Waals surface area contributed by atoms with Crippen molar-refractivity contribution in [2.75, 3.05) is 26.2 Å². The van der Waals surface area contributed by atoms with Crippen LogP contribution in [0.4, 0.5) is 0 Å². The zero-order valence-electron chi connectivity index (χ0n) is 28.0. The summed E-state index contributed by atoms with van der Waals surface area (Å²) < 4.78 is 12.3. The van der Waals surface area contributed by atoms with Crippen LogP contribution in [-0.2, 0) is 9.59 Å². The molecule has 2 aliphatic heterocycles. The highest BCUT2D eigenvalue weighted by Crippen LogP contribution is 2.34. The first kappa shape index (κ1) is 40.0. The molecule has 0 aliphatic carbocycles. The van der Waals surface area contributed by atoms with E-state index in [0.717, 1.165) is 31.4 Å². The topological polar surface area (TPSA) is 154 Å². The van der Waals surface area contributed by atoms with Crippen molar-refractivity contribution in [2.24, 2.45) is 0 Å². The van der Waals surface area contributed by atoms with Crippen LogP contribution in [0.5, 0.6) is 0 Å². The zero-order valence-corrected chi connectivity index (χ0v) is 32.8. The fourth-order valence-electron chi connectivity index (χ4n) is 4.92. The largest absolute Gasteiger partial charge is 0.478 e. The third kappa shape index (κ3) is 10.5. The van der Waals surface area contributed by atoms with Crippen LogP contribution >= 0.6 is 71.2 Å². The molecule has 11 nitrogen and oxygen atoms in total. The standard InChI is InChI=1S/C21H22ClN3O3S2.C15H8ClNO4S2/c1-3-25(4-2)10-9-23-19(26)13-5-7-16(22)15(11-13)17-8-6-14(28-17)12-18-20(27)24-21(29)30-18;16-10-3-1-7(14(19)20)5-9(10)11-4-2-8(21-11)6-12-13(18)17-15(22)23-12/h5-8,11-12H,3-4,9-10H2,1-2H3,(H,23,26)(H,24,27,29);1-6H,(H,19,20)(H,17,18,22)/b18-12-;12-6-. The number of nitrogens with zero attached hydrogens (tertiary/aromatic N) is 1. The third-order valence-corrected chi connectivity index (χ3v) is 10.6. The molecular weight excluding hydrogens is 800 g/mol. The van der Waals surface area contributed by atoms with Gasteiger partial charge >= 0.3 is 5.97 Å². The lowest BCUT2D eigenvalue weighted by Gasteiger charge is -2.18. The average Bonchev–Trinajstić information content (AvgIpc) is 3.92. The number of amides is 3. The Balaban J connectivity index is 0.000000211. The van der Waals surface area contributed by atoms with Gasteiger partial charge in [-0.3, -0.25) is 14.4 Å². The number of aromatic carboxylic acids is 1. The van der Waals surface area contributed by atoms with Gasteiger partial charge in [0.25, 0.3) is 17.7 Å². The maximum atomic E-state index is 12.5. The predicted octanol–water partition coefficient (Wildman–Crippen LogP) is 7.95. The van der Waals surface area contributed by atoms with Crippen molar-refractivity contribution in [3.63, 3.8) is 0 Å². The van der Waals surface area contributed by atoms with Gasteiger partial charge in [0.2, 0.25) is 0 Å². The zero-order chi connectivity index (χ0) is 38.2. The van der Waals surface area contributed by atoms with E-state index in [1.54, 1.807) is 54.6 Å². The van der Waals surface area contributed by atoms with Crippen LogP contribution in [0.1, 0.15) is 46.1 Å². The SMILES string of the molecule is CCN(CC)CCNC(=O)c1ccc(Cl)c(-c2ccc(/C=C3\SC(=S)NC3=O)o2)c1.O=C1NC(=S)S/C1=C\c1ccc(-c2cc(C(=O)O)ccc2Cl)o1. The second kappa shape index (κ2) is 18.2. The summed E-state index contributed by atoms with van der Waals surface area (Å²) in [6.07, 6.45) is 3.19. The van der Waals surface area contributed by atoms with Gasteiger partial charge in [-0.1, -0.05) is 85.0 Å². The quantitative estimate of drug-likeness (QED) is 0.0857. The van der Waals surface area contributed by atoms with E-state index in [1.165, 1.54) is 30.0 Å². The second-order valence-corrected chi connectivity index (χ2v) is 15.3. The Morgan fingerprint density at radius 1 is 0.792 bits per heavy atom. The molecular formula is C36H30Cl2N4O7S4. The van der Waals surface area contributed by atoms with E-state index in [-0.39, 0.29) is 23.3 Å². The Morgan fingerprint density at radius 2 is 1.26 bits per heavy atom. The van der Waals surface area contributed by atoms with Crippen LogP contribution < -0.4 is 16.0 Å². The van der Waals surface area contributed by atoms with Gasteiger partial charge in [0.15, 0.2) is 0 Å². The van der Waals surface area contributed by atoms with Gasteiger partial charge in [-0.15, -0.1) is 0 Å². The van der Waals surface area contributed by atoms with Gasteiger partial charge in [-0.05, 0) is 73.8 Å². The van der Waals surface area contributed by atoms with E-state index < -0.39 is 5.97 Å². The molecule has 274 valence electrons. The molecule has 0 saturated carbocycles. The molecule has 0 radical (unpaired) electrons. The lowest BCUT2D eigenvalue weighted by atomic mass is 10.1. The second-order valence-electron chi connectivity index (χ2n) is 11.1. The lowest BCUT2D eigenvalue weighted by molar-refractivity contribution is -0.116. The van der Waals surface area contributed by atoms with E-state index in [1.807, 2.05) is 0 Å². The van der Waals surface area contributed by atoms with Crippen molar-refractivity contribution in [1.82, 2.24) is 20.9 Å². The molecule has 0 spiro atoms. The van der Waals surface area contributed by atoms with Crippen molar-refractivity contribution in [1.29, 1.82) is 0 Å². The number of furan rings is 2. The Morgan fingerprint density at radius 3 is 1.70 bits per heavy atom. The summed E-state index contributed by atoms with van der Waals surface area (Å²) >= 11 is 24.7. The molecule has 53 heavy (non-hydrogen) atoms. The number of carboxylic acids is 1. The van der Waals surface area contributed by atoms with E-state index >= 15 is 0 Å². The van der Waals surface area contributed by atoms with Crippen molar-refractivity contribution < 1.29 is 33.1 Å². The Bertz CT molecular complexity index is 2180. The maximum absolute atomic E-state index is 12.5. The molecule has 0 unspecified atom stereocenters. The molecule has 4 N–H and O–H groups in total. The summed E-state index contributed by atoms with van der Waals surface area (Å²) in [5.41, 5.74) is 1.69. The number of nitrogens with one attached hydrogen (secondary N) is 3. The van der Waals surface area contributed by atoms with E-state index in [4.69, 9.17) is 61.6 Å². The number of likely N-dealkylation sites (N-methyl/N-ethyl adjacent to an activating group) is 1. The summed E-state index contributed by atoms with van der Waals surface area (Å²) in [7, 11) is 0. The number of halogens is 2. The number of carbonyl (C=O) groups is 4. The third-order valence-electron chi connectivity index (χ3n) is 7.67. The molecule has 4 heterocycles. The van der Waals surface area contributed by atoms with Crippen LogP contribution in [-0.4, -0.2) is 68.5 Å². The van der Waals surface area contributed by atoms with Crippen LogP contribution in [0.2, 0.25) is 10.0 Å². The summed E-state index contributed by atoms with van der Waals surface area (Å²) in [5.74, 6) is 0.127. The minimum absolute atomic E-state index is 0.108. The summed E-state index contributed by atoms with van der Waals surface area (Å²) in [5, 5.41) is 17.9. The van der Waals surface area contributed by atoms with E-state index in [9.17, 15) is 19.2 Å². The normalized spacial score (nSPS) is 15.5. The monoisotopic (exact) mass is 828 g/mol. The highest BCUT2D eigenvalue weighted by atomic mass is 35.5. The molecule has 3 amide bonds. The summed E-state index contributed by atoms with van der Waals surface area (Å²) in [6.45, 7) is 7.44. The molecule has 17 heteroatoms. The van der Waals surface area contributed by atoms with Crippen LogP contribution in [0.3, 0.4) is 0 Å². The fraction of sp³-hybridized carbons (Fsp3) is 0.167.